The zero-order valence-electron chi connectivity index (χ0n) is 5.46. The number of esters is 1. The van der Waals surface area contributed by atoms with E-state index in [4.69, 9.17) is 4.74 Å². The van der Waals surface area contributed by atoms with Crippen molar-refractivity contribution in [2.45, 2.75) is 13.3 Å². The van der Waals surface area contributed by atoms with Gasteiger partial charge in [0.1, 0.15) is 0 Å². The predicted octanol–water partition coefficient (Wildman–Crippen LogP) is 0.815. The van der Waals surface area contributed by atoms with Crippen LogP contribution >= 0.6 is 0 Å². The second kappa shape index (κ2) is 1.49. The van der Waals surface area contributed by atoms with E-state index in [9.17, 15) is 4.79 Å². The summed E-state index contributed by atoms with van der Waals surface area (Å²) >= 11 is 0. The van der Waals surface area contributed by atoms with Gasteiger partial charge in [0.25, 0.3) is 0 Å². The molecule has 0 bridgehead atoms. The molecular formula is C7H10O2. The van der Waals surface area contributed by atoms with Crippen LogP contribution in [0.15, 0.2) is 0 Å². The average molecular weight is 126 g/mol. The van der Waals surface area contributed by atoms with E-state index in [2.05, 4.69) is 6.92 Å². The summed E-state index contributed by atoms with van der Waals surface area (Å²) < 4.78 is 4.87. The van der Waals surface area contributed by atoms with Gasteiger partial charge in [0.05, 0.1) is 12.5 Å². The maximum Gasteiger partial charge on any atom is 0.309 e. The molecule has 1 unspecified atom stereocenters. The van der Waals surface area contributed by atoms with Crippen LogP contribution in [0.3, 0.4) is 0 Å². The monoisotopic (exact) mass is 126 g/mol. The fourth-order valence-electron chi connectivity index (χ4n) is 1.79. The quantitative estimate of drug-likeness (QED) is 0.449. The van der Waals surface area contributed by atoms with E-state index in [0.717, 1.165) is 12.3 Å². The molecule has 2 rings (SSSR count). The molecule has 2 heteroatoms. The van der Waals surface area contributed by atoms with E-state index in [1.807, 2.05) is 0 Å². The maximum atomic E-state index is 10.8. The summed E-state index contributed by atoms with van der Waals surface area (Å²) in [4.78, 5) is 10.8. The Morgan fingerprint density at radius 3 is 2.89 bits per heavy atom. The van der Waals surface area contributed by atoms with Crippen LogP contribution in [0, 0.1) is 17.8 Å². The van der Waals surface area contributed by atoms with Crippen molar-refractivity contribution in [2.24, 2.45) is 17.8 Å². The van der Waals surface area contributed by atoms with E-state index in [0.29, 0.717) is 12.5 Å². The Labute approximate surface area is 54.2 Å². The molecule has 0 aromatic heterocycles. The van der Waals surface area contributed by atoms with E-state index in [1.165, 1.54) is 0 Å². The van der Waals surface area contributed by atoms with Gasteiger partial charge in [-0.2, -0.15) is 0 Å². The Kier molecular flexibility index (Phi) is 0.875. The minimum Gasteiger partial charge on any atom is -0.465 e. The largest absolute Gasteiger partial charge is 0.465 e. The normalized spacial score (nSPS) is 47.7. The molecule has 0 spiro atoms. The second-order valence-electron chi connectivity index (χ2n) is 3.11. The van der Waals surface area contributed by atoms with Crippen LogP contribution in [0.25, 0.3) is 0 Å². The highest BCUT2D eigenvalue weighted by atomic mass is 16.5. The van der Waals surface area contributed by atoms with Crippen LogP contribution in [-0.4, -0.2) is 12.6 Å². The fraction of sp³-hybridized carbons (Fsp3) is 0.857. The molecule has 1 aliphatic carbocycles. The van der Waals surface area contributed by atoms with Gasteiger partial charge >= 0.3 is 5.97 Å². The van der Waals surface area contributed by atoms with Crippen molar-refractivity contribution in [1.29, 1.82) is 0 Å². The van der Waals surface area contributed by atoms with Crippen molar-refractivity contribution >= 4 is 5.97 Å². The smallest absolute Gasteiger partial charge is 0.309 e. The minimum absolute atomic E-state index is 0.0399. The van der Waals surface area contributed by atoms with Gasteiger partial charge in [-0.05, 0) is 12.3 Å². The Morgan fingerprint density at radius 1 is 1.67 bits per heavy atom. The van der Waals surface area contributed by atoms with Gasteiger partial charge < -0.3 is 4.74 Å². The van der Waals surface area contributed by atoms with Crippen molar-refractivity contribution in [3.63, 3.8) is 0 Å². The molecule has 1 aliphatic heterocycles. The van der Waals surface area contributed by atoms with Gasteiger partial charge in [-0.15, -0.1) is 0 Å². The van der Waals surface area contributed by atoms with Crippen molar-refractivity contribution in [3.8, 4) is 0 Å². The Morgan fingerprint density at radius 2 is 2.44 bits per heavy atom. The van der Waals surface area contributed by atoms with E-state index < -0.39 is 0 Å². The standard InChI is InChI=1S/C7H10O2/c1-4-2-5-6(4)3-9-7(5)8/h4-6H,2-3H2,1H3/t4?,5-,6+/m0/s1. The topological polar surface area (TPSA) is 26.3 Å². The molecule has 0 radical (unpaired) electrons. The molecule has 1 saturated heterocycles. The molecule has 2 fully saturated rings. The third-order valence-corrected chi connectivity index (χ3v) is 2.59. The van der Waals surface area contributed by atoms with Crippen molar-refractivity contribution in [2.75, 3.05) is 6.61 Å². The van der Waals surface area contributed by atoms with Crippen molar-refractivity contribution in [1.82, 2.24) is 0 Å². The number of rotatable bonds is 0. The molecule has 1 heterocycles. The third kappa shape index (κ3) is 0.533. The van der Waals surface area contributed by atoms with Crippen molar-refractivity contribution in [3.05, 3.63) is 0 Å². The highest BCUT2D eigenvalue weighted by molar-refractivity contribution is 5.76. The molecule has 0 amide bonds. The molecule has 2 nitrogen and oxygen atoms in total. The molecule has 50 valence electrons. The van der Waals surface area contributed by atoms with Gasteiger partial charge in [0, 0.05) is 5.92 Å². The number of hydrogen-bond donors (Lipinski definition) is 0. The molecule has 0 aromatic rings. The first-order valence-corrected chi connectivity index (χ1v) is 3.45. The van der Waals surface area contributed by atoms with Gasteiger partial charge in [-0.3, -0.25) is 4.79 Å². The van der Waals surface area contributed by atoms with Crippen LogP contribution in [0.5, 0.6) is 0 Å². The van der Waals surface area contributed by atoms with E-state index in [-0.39, 0.29) is 11.9 Å². The van der Waals surface area contributed by atoms with Gasteiger partial charge in [0.15, 0.2) is 0 Å². The van der Waals surface area contributed by atoms with Crippen LogP contribution < -0.4 is 0 Å². The average Bonchev–Trinajstić information content (AvgIpc) is 2.07. The SMILES string of the molecule is CC1C[C@@H]2C(=O)OC[C@H]12. The Hall–Kier alpha value is -0.530. The number of cyclic esters (lactones) is 1. The summed E-state index contributed by atoms with van der Waals surface area (Å²) in [6, 6.07) is 0. The first-order chi connectivity index (χ1) is 4.29. The van der Waals surface area contributed by atoms with Gasteiger partial charge in [-0.25, -0.2) is 0 Å². The number of fused-ring (bicyclic) bond motifs is 1. The lowest BCUT2D eigenvalue weighted by molar-refractivity contribution is -0.142. The lowest BCUT2D eigenvalue weighted by Crippen LogP contribution is -2.34. The molecule has 9 heavy (non-hydrogen) atoms. The molecule has 0 aromatic carbocycles. The summed E-state index contributed by atoms with van der Waals surface area (Å²) in [6.45, 7) is 2.87. The first kappa shape index (κ1) is 5.27. The number of carbonyl (C=O) groups excluding carboxylic acids is 1. The molecule has 3 atom stereocenters. The minimum atomic E-state index is 0.0399. The third-order valence-electron chi connectivity index (χ3n) is 2.59. The summed E-state index contributed by atoms with van der Waals surface area (Å²) in [7, 11) is 0. The lowest BCUT2D eigenvalue weighted by Gasteiger charge is -2.33. The second-order valence-corrected chi connectivity index (χ2v) is 3.11. The molecular weight excluding hydrogens is 116 g/mol. The molecule has 2 aliphatic rings. The molecule has 1 saturated carbocycles. The lowest BCUT2D eigenvalue weighted by atomic mass is 9.67. The van der Waals surface area contributed by atoms with Crippen LogP contribution in [-0.2, 0) is 9.53 Å². The highest BCUT2D eigenvalue weighted by Crippen LogP contribution is 2.44. The highest BCUT2D eigenvalue weighted by Gasteiger charge is 2.48. The fourth-order valence-corrected chi connectivity index (χ4v) is 1.79. The zero-order chi connectivity index (χ0) is 6.43. The Bertz CT molecular complexity index is 153. The number of carbonyl (C=O) groups is 1. The van der Waals surface area contributed by atoms with Gasteiger partial charge in [-0.1, -0.05) is 6.92 Å². The summed E-state index contributed by atoms with van der Waals surface area (Å²) in [5.74, 6) is 1.61. The van der Waals surface area contributed by atoms with Gasteiger partial charge in [0.2, 0.25) is 0 Å². The van der Waals surface area contributed by atoms with Crippen molar-refractivity contribution < 1.29 is 9.53 Å². The predicted molar refractivity (Wildman–Crippen MR) is 31.7 cm³/mol. The number of hydrogen-bond acceptors (Lipinski definition) is 2. The summed E-state index contributed by atoms with van der Waals surface area (Å²) in [6.07, 6.45) is 1.06. The van der Waals surface area contributed by atoms with E-state index in [1.54, 1.807) is 0 Å². The van der Waals surface area contributed by atoms with Crippen LogP contribution in [0.1, 0.15) is 13.3 Å². The number of ether oxygens (including phenoxy) is 1. The van der Waals surface area contributed by atoms with Crippen LogP contribution in [0.2, 0.25) is 0 Å². The zero-order valence-corrected chi connectivity index (χ0v) is 5.46. The summed E-state index contributed by atoms with van der Waals surface area (Å²) in [5.41, 5.74) is 0. The Balaban J connectivity index is 2.11. The molecule has 0 N–H and O–H groups in total. The summed E-state index contributed by atoms with van der Waals surface area (Å²) in [5, 5.41) is 0. The van der Waals surface area contributed by atoms with E-state index >= 15 is 0 Å². The van der Waals surface area contributed by atoms with Crippen LogP contribution in [0.4, 0.5) is 0 Å². The maximum absolute atomic E-state index is 10.8. The first-order valence-electron chi connectivity index (χ1n) is 3.45.